The predicted molar refractivity (Wildman–Crippen MR) is 102 cm³/mol. The van der Waals surface area contributed by atoms with Crippen LogP contribution in [0.3, 0.4) is 0 Å². The zero-order valence-electron chi connectivity index (χ0n) is 15.5. The number of hydrogen-bond donors (Lipinski definition) is 2. The van der Waals surface area contributed by atoms with Crippen molar-refractivity contribution in [3.05, 3.63) is 47.9 Å². The second kappa shape index (κ2) is 5.65. The number of aliphatic hydroxyl groups is 1. The average Bonchev–Trinajstić information content (AvgIpc) is 3.15. The first kappa shape index (κ1) is 16.9. The number of benzene rings is 1. The third-order valence-corrected chi connectivity index (χ3v) is 5.89. The Morgan fingerprint density at radius 2 is 2.11 bits per heavy atom. The van der Waals surface area contributed by atoms with Gasteiger partial charge in [-0.25, -0.2) is 9.78 Å². The van der Waals surface area contributed by atoms with Crippen molar-refractivity contribution in [1.29, 1.82) is 0 Å². The van der Waals surface area contributed by atoms with Crippen LogP contribution in [0.25, 0.3) is 27.7 Å². The van der Waals surface area contributed by atoms with E-state index in [9.17, 15) is 19.8 Å². The summed E-state index contributed by atoms with van der Waals surface area (Å²) >= 11 is 0. The Bertz CT molecular complexity index is 1160. The highest BCUT2D eigenvalue weighted by Gasteiger charge is 2.56. The van der Waals surface area contributed by atoms with Crippen molar-refractivity contribution in [1.82, 2.24) is 14.5 Å². The van der Waals surface area contributed by atoms with Crippen LogP contribution in [0.5, 0.6) is 0 Å². The number of nitrogens with zero attached hydrogens (tertiary/aromatic N) is 3. The minimum Gasteiger partial charge on any atom is -0.477 e. The van der Waals surface area contributed by atoms with E-state index in [4.69, 9.17) is 0 Å². The summed E-state index contributed by atoms with van der Waals surface area (Å²) in [5, 5.41) is 20.6. The van der Waals surface area contributed by atoms with Crippen molar-refractivity contribution in [2.24, 2.45) is 13.0 Å². The number of carbonyl (C=O) groups excluding carboxylic acids is 1. The van der Waals surface area contributed by atoms with Gasteiger partial charge >= 0.3 is 5.97 Å². The van der Waals surface area contributed by atoms with Crippen LogP contribution < -0.4 is 0 Å². The maximum atomic E-state index is 12.4. The molecule has 0 aliphatic carbocycles. The summed E-state index contributed by atoms with van der Waals surface area (Å²) in [6.07, 6.45) is 3.53. The quantitative estimate of drug-likeness (QED) is 0.682. The second-order valence-electron chi connectivity index (χ2n) is 7.63. The number of pyridine rings is 1. The lowest BCUT2D eigenvalue weighted by Gasteiger charge is -2.44. The van der Waals surface area contributed by atoms with Gasteiger partial charge < -0.3 is 19.7 Å². The molecule has 7 heteroatoms. The lowest BCUT2D eigenvalue weighted by atomic mass is 9.82. The highest BCUT2D eigenvalue weighted by molar-refractivity contribution is 6.07. The average molecular weight is 377 g/mol. The van der Waals surface area contributed by atoms with E-state index in [0.717, 1.165) is 27.7 Å². The number of hydrogen-bond acceptors (Lipinski definition) is 4. The molecule has 0 bridgehead atoms. The Kier molecular flexibility index (Phi) is 3.42. The first-order chi connectivity index (χ1) is 13.4. The van der Waals surface area contributed by atoms with Crippen molar-refractivity contribution >= 4 is 28.4 Å². The molecule has 0 radical (unpaired) electrons. The number of amides is 1. The highest BCUT2D eigenvalue weighted by Crippen LogP contribution is 2.47. The Balaban J connectivity index is 1.64. The van der Waals surface area contributed by atoms with Crippen LogP contribution in [0.1, 0.15) is 18.9 Å². The molecule has 1 saturated heterocycles. The smallest absolute Gasteiger partial charge is 0.352 e. The molecule has 1 aromatic carbocycles. The molecule has 2 N–H and O–H groups in total. The molecule has 1 amide bonds. The summed E-state index contributed by atoms with van der Waals surface area (Å²) in [4.78, 5) is 30.3. The van der Waals surface area contributed by atoms with Gasteiger partial charge in [0, 0.05) is 30.4 Å². The van der Waals surface area contributed by atoms with Crippen LogP contribution in [0.4, 0.5) is 0 Å². The topological polar surface area (TPSA) is 95.7 Å². The van der Waals surface area contributed by atoms with Gasteiger partial charge in [-0.15, -0.1) is 0 Å². The van der Waals surface area contributed by atoms with Crippen LogP contribution in [-0.2, 0) is 16.6 Å². The summed E-state index contributed by atoms with van der Waals surface area (Å²) in [5.74, 6) is -1.98. The molecule has 0 saturated carbocycles. The standard InChI is InChI=1S/C21H19N3O4/c1-10(25)18-17-8-13(19(21(27)28)24(17)20(18)26)11-3-4-15-14(7-11)12-5-6-23(2)9-16(12)22-15/h3-7,9-10,17-18,25H,8H2,1-2H3,(H,27,28)/t10-,17-,18-/m1/s1. The van der Waals surface area contributed by atoms with Gasteiger partial charge in [-0.3, -0.25) is 4.79 Å². The molecule has 4 aliphatic heterocycles. The van der Waals surface area contributed by atoms with Crippen molar-refractivity contribution in [3.63, 3.8) is 0 Å². The maximum Gasteiger partial charge on any atom is 0.352 e. The van der Waals surface area contributed by atoms with Gasteiger partial charge in [0.1, 0.15) is 5.70 Å². The fourth-order valence-corrected chi connectivity index (χ4v) is 4.59. The van der Waals surface area contributed by atoms with Crippen LogP contribution in [0, 0.1) is 5.92 Å². The predicted octanol–water partition coefficient (Wildman–Crippen LogP) is 2.09. The molecule has 28 heavy (non-hydrogen) atoms. The SMILES string of the molecule is C[C@@H](O)[C@H]1C(=O)N2C(C(=O)O)=C(c3ccc4nc5cn(C)ccc-5c4c3)C[C@H]12. The lowest BCUT2D eigenvalue weighted by molar-refractivity contribution is -0.161. The van der Waals surface area contributed by atoms with Crippen LogP contribution in [-0.4, -0.2) is 48.7 Å². The number of rotatable bonds is 3. The number of carbonyl (C=O) groups is 2. The van der Waals surface area contributed by atoms with E-state index in [2.05, 4.69) is 4.98 Å². The molecule has 3 atom stereocenters. The summed E-state index contributed by atoms with van der Waals surface area (Å²) in [5.41, 5.74) is 4.17. The van der Waals surface area contributed by atoms with E-state index >= 15 is 0 Å². The minimum absolute atomic E-state index is 0.0291. The summed E-state index contributed by atoms with van der Waals surface area (Å²) in [7, 11) is 1.94. The highest BCUT2D eigenvalue weighted by atomic mass is 16.4. The number of aliphatic hydroxyl groups excluding tert-OH is 1. The molecular weight excluding hydrogens is 358 g/mol. The molecule has 1 aromatic rings. The van der Waals surface area contributed by atoms with Gasteiger partial charge in [0.15, 0.2) is 0 Å². The molecule has 0 unspecified atom stereocenters. The largest absolute Gasteiger partial charge is 0.477 e. The van der Waals surface area contributed by atoms with Gasteiger partial charge in [-0.05, 0) is 42.7 Å². The third-order valence-electron chi connectivity index (χ3n) is 5.89. The third kappa shape index (κ3) is 2.16. The van der Waals surface area contributed by atoms with E-state index in [0.29, 0.717) is 12.0 Å². The zero-order valence-corrected chi connectivity index (χ0v) is 15.5. The molecule has 4 aliphatic rings. The van der Waals surface area contributed by atoms with Crippen molar-refractivity contribution < 1.29 is 19.8 Å². The van der Waals surface area contributed by atoms with E-state index in [1.807, 2.05) is 48.3 Å². The fourth-order valence-electron chi connectivity index (χ4n) is 4.59. The fraction of sp³-hybridized carbons (Fsp3) is 0.286. The van der Waals surface area contributed by atoms with Crippen molar-refractivity contribution in [2.75, 3.05) is 0 Å². The van der Waals surface area contributed by atoms with Crippen LogP contribution >= 0.6 is 0 Å². The number of fused-ring (bicyclic) bond motifs is 4. The zero-order chi connectivity index (χ0) is 19.7. The first-order valence-electron chi connectivity index (χ1n) is 9.20. The molecule has 4 heterocycles. The molecule has 5 rings (SSSR count). The molecule has 0 aromatic heterocycles. The van der Waals surface area contributed by atoms with Crippen LogP contribution in [0.15, 0.2) is 42.4 Å². The van der Waals surface area contributed by atoms with E-state index in [1.165, 1.54) is 4.90 Å². The van der Waals surface area contributed by atoms with E-state index in [-0.39, 0.29) is 17.6 Å². The minimum atomic E-state index is -1.12. The maximum absolute atomic E-state index is 12.4. The number of carboxylic acid groups (broad SMARTS) is 1. The van der Waals surface area contributed by atoms with E-state index < -0.39 is 18.0 Å². The monoisotopic (exact) mass is 377 g/mol. The van der Waals surface area contributed by atoms with Gasteiger partial charge in [-0.1, -0.05) is 6.07 Å². The number of aryl methyl sites for hydroxylation is 1. The normalized spacial score (nSPS) is 22.7. The number of carboxylic acids is 1. The van der Waals surface area contributed by atoms with Gasteiger partial charge in [0.2, 0.25) is 5.91 Å². The Hall–Kier alpha value is -3.19. The Morgan fingerprint density at radius 3 is 2.82 bits per heavy atom. The summed E-state index contributed by atoms with van der Waals surface area (Å²) < 4.78 is 1.93. The second-order valence-corrected chi connectivity index (χ2v) is 7.63. The molecule has 1 fully saturated rings. The first-order valence-corrected chi connectivity index (χ1v) is 9.20. The van der Waals surface area contributed by atoms with Crippen molar-refractivity contribution in [2.45, 2.75) is 25.5 Å². The molecular formula is C21H19N3O4. The summed E-state index contributed by atoms with van der Waals surface area (Å²) in [6, 6.07) is 7.41. The number of β-lactam (4-membered cyclic amide) rings is 1. The Labute approximate surface area is 160 Å². The number of aliphatic carboxylic acids is 1. The molecule has 7 nitrogen and oxygen atoms in total. The number of aromatic nitrogens is 2. The van der Waals surface area contributed by atoms with Crippen molar-refractivity contribution in [3.8, 4) is 11.3 Å². The van der Waals surface area contributed by atoms with Crippen LogP contribution in [0.2, 0.25) is 0 Å². The van der Waals surface area contributed by atoms with Gasteiger partial charge in [-0.2, -0.15) is 0 Å². The summed E-state index contributed by atoms with van der Waals surface area (Å²) in [6.45, 7) is 1.58. The lowest BCUT2D eigenvalue weighted by Crippen LogP contribution is -2.61. The van der Waals surface area contributed by atoms with Gasteiger partial charge in [0.25, 0.3) is 0 Å². The van der Waals surface area contributed by atoms with Gasteiger partial charge in [0.05, 0.1) is 29.3 Å². The Morgan fingerprint density at radius 1 is 1.32 bits per heavy atom. The van der Waals surface area contributed by atoms with E-state index in [1.54, 1.807) is 6.92 Å². The molecule has 142 valence electrons. The molecule has 0 spiro atoms.